The number of hydrogen-bond donors (Lipinski definition) is 1. The van der Waals surface area contributed by atoms with Gasteiger partial charge in [0.05, 0.1) is 17.8 Å². The molecule has 1 saturated carbocycles. The van der Waals surface area contributed by atoms with Gasteiger partial charge in [-0.3, -0.25) is 9.69 Å². The summed E-state index contributed by atoms with van der Waals surface area (Å²) in [6, 6.07) is 10.4. The Kier molecular flexibility index (Phi) is 6.93. The van der Waals surface area contributed by atoms with Crippen molar-refractivity contribution in [3.8, 4) is 0 Å². The number of carbonyl (C=O) groups excluding carboxylic acids is 1. The van der Waals surface area contributed by atoms with E-state index in [9.17, 15) is 13.2 Å². The smallest absolute Gasteiger partial charge is 0.234 e. The molecule has 1 unspecified atom stereocenters. The lowest BCUT2D eigenvalue weighted by Gasteiger charge is -2.32. The number of carbonyl (C=O) groups is 1. The second kappa shape index (κ2) is 9.20. The summed E-state index contributed by atoms with van der Waals surface area (Å²) in [5.74, 6) is 0.766. The van der Waals surface area contributed by atoms with Crippen molar-refractivity contribution < 1.29 is 13.2 Å². The maximum atomic E-state index is 12.7. The predicted molar refractivity (Wildman–Crippen MR) is 108 cm³/mol. The monoisotopic (exact) mass is 392 g/mol. The highest BCUT2D eigenvalue weighted by Crippen LogP contribution is 2.35. The van der Waals surface area contributed by atoms with Crippen LogP contribution in [0.25, 0.3) is 0 Å². The summed E-state index contributed by atoms with van der Waals surface area (Å²) in [6.07, 6.45) is 6.08. The summed E-state index contributed by atoms with van der Waals surface area (Å²) in [5, 5.41) is 3.04. The van der Waals surface area contributed by atoms with Crippen LogP contribution >= 0.6 is 0 Å². The van der Waals surface area contributed by atoms with Gasteiger partial charge in [-0.25, -0.2) is 8.42 Å². The van der Waals surface area contributed by atoms with Gasteiger partial charge in [-0.2, -0.15) is 0 Å². The molecule has 1 heterocycles. The molecule has 1 amide bonds. The molecule has 1 aliphatic heterocycles. The van der Waals surface area contributed by atoms with Crippen molar-refractivity contribution >= 4 is 15.7 Å². The SMILES string of the molecule is CCS(=O)(=O)C1CCN(CC(=O)NC(c2ccccc2)C2CCCC2)CC1. The van der Waals surface area contributed by atoms with Gasteiger partial charge < -0.3 is 5.32 Å². The summed E-state index contributed by atoms with van der Waals surface area (Å²) < 4.78 is 24.1. The van der Waals surface area contributed by atoms with Crippen LogP contribution in [0.5, 0.6) is 0 Å². The average molecular weight is 393 g/mol. The Morgan fingerprint density at radius 3 is 2.33 bits per heavy atom. The van der Waals surface area contributed by atoms with E-state index >= 15 is 0 Å². The summed E-state index contributed by atoms with van der Waals surface area (Å²) in [5.41, 5.74) is 1.19. The van der Waals surface area contributed by atoms with Crippen molar-refractivity contribution in [2.45, 2.75) is 56.7 Å². The van der Waals surface area contributed by atoms with E-state index in [1.54, 1.807) is 6.92 Å². The molecule has 2 fully saturated rings. The van der Waals surface area contributed by atoms with Gasteiger partial charge in [0.15, 0.2) is 9.84 Å². The van der Waals surface area contributed by atoms with Crippen LogP contribution in [0, 0.1) is 5.92 Å². The molecule has 0 spiro atoms. The molecule has 0 bridgehead atoms. The van der Waals surface area contributed by atoms with Crippen molar-refractivity contribution in [3.63, 3.8) is 0 Å². The molecule has 0 aromatic heterocycles. The molecular weight excluding hydrogens is 360 g/mol. The molecule has 5 nitrogen and oxygen atoms in total. The van der Waals surface area contributed by atoms with E-state index < -0.39 is 9.84 Å². The Labute approximate surface area is 163 Å². The van der Waals surface area contributed by atoms with Crippen molar-refractivity contribution in [1.29, 1.82) is 0 Å². The Morgan fingerprint density at radius 1 is 1.11 bits per heavy atom. The van der Waals surface area contributed by atoms with Crippen LogP contribution in [0.3, 0.4) is 0 Å². The topological polar surface area (TPSA) is 66.5 Å². The van der Waals surface area contributed by atoms with Crippen LogP contribution in [-0.4, -0.2) is 49.9 Å². The third-order valence-corrected chi connectivity index (χ3v) is 8.45. The lowest BCUT2D eigenvalue weighted by atomic mass is 9.91. The van der Waals surface area contributed by atoms with E-state index in [-0.39, 0.29) is 23.0 Å². The Bertz CT molecular complexity index is 706. The molecule has 1 aromatic carbocycles. The third-order valence-electron chi connectivity index (χ3n) is 6.16. The molecule has 1 aromatic rings. The Morgan fingerprint density at radius 2 is 1.74 bits per heavy atom. The van der Waals surface area contributed by atoms with Gasteiger partial charge in [0.2, 0.25) is 5.91 Å². The van der Waals surface area contributed by atoms with Crippen LogP contribution in [0.4, 0.5) is 0 Å². The van der Waals surface area contributed by atoms with E-state index in [1.807, 2.05) is 18.2 Å². The molecule has 1 N–H and O–H groups in total. The van der Waals surface area contributed by atoms with Gasteiger partial charge in [-0.1, -0.05) is 50.1 Å². The van der Waals surface area contributed by atoms with E-state index in [4.69, 9.17) is 0 Å². The summed E-state index contributed by atoms with van der Waals surface area (Å²) in [7, 11) is -2.97. The lowest BCUT2D eigenvalue weighted by molar-refractivity contribution is -0.123. The van der Waals surface area contributed by atoms with Crippen molar-refractivity contribution in [2.75, 3.05) is 25.4 Å². The van der Waals surface area contributed by atoms with Crippen LogP contribution in [0.1, 0.15) is 57.1 Å². The van der Waals surface area contributed by atoms with E-state index in [0.717, 1.165) is 0 Å². The van der Waals surface area contributed by atoms with Crippen LogP contribution in [0.2, 0.25) is 0 Å². The molecule has 6 heteroatoms. The zero-order valence-electron chi connectivity index (χ0n) is 16.3. The maximum Gasteiger partial charge on any atom is 0.234 e. The first kappa shape index (κ1) is 20.3. The lowest BCUT2D eigenvalue weighted by Crippen LogP contribution is -2.45. The maximum absolute atomic E-state index is 12.7. The first-order chi connectivity index (χ1) is 13.0. The number of benzene rings is 1. The van der Waals surface area contributed by atoms with E-state index in [1.165, 1.54) is 31.2 Å². The summed E-state index contributed by atoms with van der Waals surface area (Å²) >= 11 is 0. The van der Waals surface area contributed by atoms with Crippen LogP contribution in [0.15, 0.2) is 30.3 Å². The predicted octanol–water partition coefficient (Wildman–Crippen LogP) is 2.93. The first-order valence-electron chi connectivity index (χ1n) is 10.3. The minimum absolute atomic E-state index is 0.0487. The Balaban J connectivity index is 1.56. The van der Waals surface area contributed by atoms with Gasteiger partial charge >= 0.3 is 0 Å². The standard InChI is InChI=1S/C21H32N2O3S/c1-2-27(25,26)19-12-14-23(15-13-19)16-20(24)22-21(18-10-6-7-11-18)17-8-4-3-5-9-17/h3-5,8-9,18-19,21H,2,6-7,10-16H2,1H3,(H,22,24). The minimum atomic E-state index is -2.97. The Hall–Kier alpha value is -1.40. The van der Waals surface area contributed by atoms with Crippen molar-refractivity contribution in [3.05, 3.63) is 35.9 Å². The highest BCUT2D eigenvalue weighted by molar-refractivity contribution is 7.92. The van der Waals surface area contributed by atoms with Crippen LogP contribution < -0.4 is 5.32 Å². The summed E-state index contributed by atoms with van der Waals surface area (Å²) in [4.78, 5) is 14.8. The number of rotatable bonds is 7. The third kappa shape index (κ3) is 5.32. The fourth-order valence-electron chi connectivity index (χ4n) is 4.51. The quantitative estimate of drug-likeness (QED) is 0.775. The second-order valence-corrected chi connectivity index (χ2v) is 10.5. The van der Waals surface area contributed by atoms with Gasteiger partial charge in [0.1, 0.15) is 0 Å². The molecule has 3 rings (SSSR count). The molecule has 27 heavy (non-hydrogen) atoms. The first-order valence-corrected chi connectivity index (χ1v) is 12.0. The van der Waals surface area contributed by atoms with Crippen molar-refractivity contribution in [2.24, 2.45) is 5.92 Å². The average Bonchev–Trinajstić information content (AvgIpc) is 3.22. The molecule has 150 valence electrons. The normalized spacial score (nSPS) is 21.2. The number of likely N-dealkylation sites (tertiary alicyclic amines) is 1. The zero-order chi connectivity index (χ0) is 19.3. The van der Waals surface area contributed by atoms with Crippen molar-refractivity contribution in [1.82, 2.24) is 10.2 Å². The van der Waals surface area contributed by atoms with Crippen LogP contribution in [-0.2, 0) is 14.6 Å². The zero-order valence-corrected chi connectivity index (χ0v) is 17.1. The van der Waals surface area contributed by atoms with E-state index in [2.05, 4.69) is 22.3 Å². The molecular formula is C21H32N2O3S. The number of nitrogens with zero attached hydrogens (tertiary/aromatic N) is 1. The highest BCUT2D eigenvalue weighted by Gasteiger charge is 2.31. The molecule has 1 atom stereocenters. The van der Waals surface area contributed by atoms with Gasteiger partial charge in [0.25, 0.3) is 0 Å². The second-order valence-electron chi connectivity index (χ2n) is 7.93. The fraction of sp³-hybridized carbons (Fsp3) is 0.667. The number of hydrogen-bond acceptors (Lipinski definition) is 4. The van der Waals surface area contributed by atoms with Gasteiger partial charge in [-0.05, 0) is 50.3 Å². The molecule has 1 aliphatic carbocycles. The fourth-order valence-corrected chi connectivity index (χ4v) is 5.91. The number of piperidine rings is 1. The van der Waals surface area contributed by atoms with Gasteiger partial charge in [0, 0.05) is 5.75 Å². The largest absolute Gasteiger partial charge is 0.348 e. The molecule has 1 saturated heterocycles. The van der Waals surface area contributed by atoms with Gasteiger partial charge in [-0.15, -0.1) is 0 Å². The molecule has 0 radical (unpaired) electrons. The number of amides is 1. The minimum Gasteiger partial charge on any atom is -0.348 e. The van der Waals surface area contributed by atoms with E-state index in [0.29, 0.717) is 38.4 Å². The summed E-state index contributed by atoms with van der Waals surface area (Å²) in [6.45, 7) is 3.42. The molecule has 2 aliphatic rings. The number of sulfone groups is 1. The highest BCUT2D eigenvalue weighted by atomic mass is 32.2. The number of nitrogens with one attached hydrogen (secondary N) is 1.